The minimum atomic E-state index is -0.393. The fraction of sp³-hybridized carbons (Fsp3) is 0.127. The van der Waals surface area contributed by atoms with Crippen molar-refractivity contribution in [3.63, 3.8) is 0 Å². The van der Waals surface area contributed by atoms with Crippen molar-refractivity contribution < 1.29 is 0 Å². The van der Waals surface area contributed by atoms with Gasteiger partial charge in [-0.05, 0) is 118 Å². The summed E-state index contributed by atoms with van der Waals surface area (Å²) < 4.78 is 2.52. The number of aryl methyl sites for hydroxylation is 1. The third-order valence-electron chi connectivity index (χ3n) is 12.2. The minimum Gasteiger partial charge on any atom is -0.309 e. The molecular weight excluding hydrogens is 675 g/mol. The summed E-state index contributed by atoms with van der Waals surface area (Å²) in [6, 6.07) is 53.9. The predicted octanol–water partition coefficient (Wildman–Crippen LogP) is 14.0. The summed E-state index contributed by atoms with van der Waals surface area (Å²) >= 11 is 0. The van der Waals surface area contributed by atoms with Crippen LogP contribution in [0.3, 0.4) is 0 Å². The molecule has 0 saturated carbocycles. The van der Waals surface area contributed by atoms with E-state index in [1.165, 1.54) is 83.5 Å². The number of hydrogen-bond donors (Lipinski definition) is 0. The summed E-state index contributed by atoms with van der Waals surface area (Å²) in [6.45, 7) is 0. The van der Waals surface area contributed by atoms with Crippen molar-refractivity contribution in [1.29, 1.82) is 0 Å². The maximum absolute atomic E-state index is 2.52. The van der Waals surface area contributed by atoms with Gasteiger partial charge in [-0.3, -0.25) is 0 Å². The summed E-state index contributed by atoms with van der Waals surface area (Å²) in [7, 11) is 0. The van der Waals surface area contributed by atoms with E-state index in [0.717, 1.165) is 38.5 Å². The van der Waals surface area contributed by atoms with Crippen molar-refractivity contribution in [1.82, 2.24) is 4.57 Å². The molecule has 0 spiro atoms. The van der Waals surface area contributed by atoms with Crippen LogP contribution in [0.2, 0.25) is 0 Å². The van der Waals surface area contributed by atoms with Gasteiger partial charge < -0.3 is 4.57 Å². The van der Waals surface area contributed by atoms with Crippen molar-refractivity contribution in [3.05, 3.63) is 232 Å². The zero-order valence-electron chi connectivity index (χ0n) is 31.7. The van der Waals surface area contributed by atoms with E-state index in [9.17, 15) is 0 Å². The van der Waals surface area contributed by atoms with Crippen LogP contribution in [0.25, 0.3) is 52.0 Å². The molecule has 270 valence electrons. The standard InChI is InChI=1S/C55H45N/c1-4-16-43(17-5-1)55(44-18-6-2-7-19-44,45-20-8-3-9-21-45)46-36-32-41(33-37-46)29-28-40-30-34-42(35-31-40)47-38-39-54(49-23-11-10-22-48(47)49)56-52-26-14-12-24-50(52)51-25-13-15-27-53(51)56/h1-2,4-8,10,12,14-22,24,26-39H,3,9,11,13,23,25H2/b29-28+. The molecule has 0 bridgehead atoms. The van der Waals surface area contributed by atoms with Gasteiger partial charge in [-0.2, -0.15) is 0 Å². The number of fused-ring (bicyclic) bond motifs is 4. The molecule has 7 aromatic rings. The fourth-order valence-electron chi connectivity index (χ4n) is 9.52. The van der Waals surface area contributed by atoms with E-state index in [4.69, 9.17) is 0 Å². The number of aromatic nitrogens is 1. The Hall–Kier alpha value is -6.44. The number of nitrogens with zero attached hydrogens (tertiary/aromatic N) is 1. The first-order valence-electron chi connectivity index (χ1n) is 20.3. The Labute approximate surface area is 331 Å². The third kappa shape index (κ3) is 5.87. The second-order valence-electron chi connectivity index (χ2n) is 15.3. The van der Waals surface area contributed by atoms with Gasteiger partial charge in [0.05, 0.1) is 16.6 Å². The molecule has 6 aromatic carbocycles. The van der Waals surface area contributed by atoms with Crippen molar-refractivity contribution in [2.45, 2.75) is 43.9 Å². The number of hydrogen-bond acceptors (Lipinski definition) is 0. The van der Waals surface area contributed by atoms with E-state index in [0.29, 0.717) is 0 Å². The van der Waals surface area contributed by atoms with E-state index in [2.05, 4.69) is 205 Å². The van der Waals surface area contributed by atoms with E-state index in [-0.39, 0.29) is 0 Å². The van der Waals surface area contributed by atoms with Crippen LogP contribution < -0.4 is 0 Å². The first-order valence-corrected chi connectivity index (χ1v) is 20.3. The molecule has 0 fully saturated rings. The Morgan fingerprint density at radius 1 is 0.482 bits per heavy atom. The Bertz CT molecular complexity index is 2660. The van der Waals surface area contributed by atoms with E-state index in [1.807, 2.05) is 0 Å². The number of benzene rings is 6. The molecule has 0 unspecified atom stereocenters. The molecule has 1 heteroatoms. The van der Waals surface area contributed by atoms with Crippen LogP contribution in [0.4, 0.5) is 0 Å². The second-order valence-corrected chi connectivity index (χ2v) is 15.3. The normalized spacial score (nSPS) is 14.9. The average molecular weight is 720 g/mol. The maximum atomic E-state index is 2.52. The maximum Gasteiger partial charge on any atom is 0.0698 e. The van der Waals surface area contributed by atoms with Gasteiger partial charge in [-0.15, -0.1) is 0 Å². The summed E-state index contributed by atoms with van der Waals surface area (Å²) in [5.41, 5.74) is 18.0. The molecule has 0 atom stereocenters. The van der Waals surface area contributed by atoms with Crippen molar-refractivity contribution in [2.75, 3.05) is 0 Å². The van der Waals surface area contributed by atoms with Gasteiger partial charge in [0.15, 0.2) is 0 Å². The topological polar surface area (TPSA) is 4.93 Å². The lowest BCUT2D eigenvalue weighted by Gasteiger charge is -2.38. The third-order valence-corrected chi connectivity index (χ3v) is 12.2. The second kappa shape index (κ2) is 14.7. The van der Waals surface area contributed by atoms with Gasteiger partial charge in [0.25, 0.3) is 0 Å². The Balaban J connectivity index is 0.959. The number of para-hydroxylation sites is 1. The summed E-state index contributed by atoms with van der Waals surface area (Å²) in [4.78, 5) is 0. The summed E-state index contributed by atoms with van der Waals surface area (Å²) in [6.07, 6.45) is 27.4. The molecule has 3 aliphatic rings. The van der Waals surface area contributed by atoms with E-state index >= 15 is 0 Å². The number of allylic oxidation sites excluding steroid dienone is 6. The lowest BCUT2D eigenvalue weighted by atomic mass is 9.63. The van der Waals surface area contributed by atoms with Crippen LogP contribution in [0.15, 0.2) is 182 Å². The first kappa shape index (κ1) is 34.1. The highest BCUT2D eigenvalue weighted by Gasteiger charge is 2.39. The molecule has 0 N–H and O–H groups in total. The Kier molecular flexibility index (Phi) is 8.92. The largest absolute Gasteiger partial charge is 0.309 e. The monoisotopic (exact) mass is 719 g/mol. The highest BCUT2D eigenvalue weighted by molar-refractivity contribution is 5.92. The quantitative estimate of drug-likeness (QED) is 0.109. The van der Waals surface area contributed by atoms with E-state index in [1.54, 1.807) is 0 Å². The van der Waals surface area contributed by atoms with Gasteiger partial charge in [-0.1, -0.05) is 182 Å². The summed E-state index contributed by atoms with van der Waals surface area (Å²) in [5.74, 6) is 0. The van der Waals surface area contributed by atoms with Gasteiger partial charge in [0.1, 0.15) is 0 Å². The van der Waals surface area contributed by atoms with Crippen molar-refractivity contribution >= 4 is 35.2 Å². The average Bonchev–Trinajstić information content (AvgIpc) is 3.61. The van der Waals surface area contributed by atoms with Crippen LogP contribution >= 0.6 is 0 Å². The SMILES string of the molecule is C1=CC(C(c2ccccc2)(c2ccccc2)c2ccc(/C=C/c3ccc(-c4ccc(-n5c6c(c7ccccc75)CCC=C6)c5c4C=CCC5)cc3)cc2)=CCC1. The van der Waals surface area contributed by atoms with Crippen LogP contribution in [0.5, 0.6) is 0 Å². The highest BCUT2D eigenvalue weighted by atomic mass is 15.0. The Morgan fingerprint density at radius 3 is 1.79 bits per heavy atom. The molecule has 1 heterocycles. The molecule has 56 heavy (non-hydrogen) atoms. The minimum absolute atomic E-state index is 0.393. The molecule has 3 aliphatic carbocycles. The summed E-state index contributed by atoms with van der Waals surface area (Å²) in [5, 5.41) is 1.39. The molecule has 0 radical (unpaired) electrons. The smallest absolute Gasteiger partial charge is 0.0698 e. The van der Waals surface area contributed by atoms with Crippen LogP contribution in [-0.2, 0) is 18.3 Å². The molecule has 0 amide bonds. The lowest BCUT2D eigenvalue weighted by molar-refractivity contribution is 0.730. The van der Waals surface area contributed by atoms with Gasteiger partial charge in [-0.25, -0.2) is 0 Å². The molecule has 0 saturated heterocycles. The van der Waals surface area contributed by atoms with Gasteiger partial charge >= 0.3 is 0 Å². The van der Waals surface area contributed by atoms with Crippen molar-refractivity contribution in [3.8, 4) is 16.8 Å². The fourth-order valence-corrected chi connectivity index (χ4v) is 9.52. The van der Waals surface area contributed by atoms with Gasteiger partial charge in [0, 0.05) is 11.1 Å². The van der Waals surface area contributed by atoms with Crippen molar-refractivity contribution in [2.24, 2.45) is 0 Å². The van der Waals surface area contributed by atoms with Crippen LogP contribution in [0.1, 0.15) is 75.9 Å². The molecule has 0 aliphatic heterocycles. The van der Waals surface area contributed by atoms with Gasteiger partial charge in [0.2, 0.25) is 0 Å². The Morgan fingerprint density at radius 2 is 1.09 bits per heavy atom. The van der Waals surface area contributed by atoms with Crippen LogP contribution in [-0.4, -0.2) is 4.57 Å². The van der Waals surface area contributed by atoms with E-state index < -0.39 is 5.41 Å². The molecule has 1 nitrogen and oxygen atoms in total. The van der Waals surface area contributed by atoms with Crippen LogP contribution in [0, 0.1) is 0 Å². The highest BCUT2D eigenvalue weighted by Crippen LogP contribution is 2.47. The predicted molar refractivity (Wildman–Crippen MR) is 238 cm³/mol. The zero-order chi connectivity index (χ0) is 37.3. The molecule has 1 aromatic heterocycles. The zero-order valence-corrected chi connectivity index (χ0v) is 31.7. The molecule has 10 rings (SSSR count). The molecular formula is C55H45N. The number of rotatable bonds is 8. The lowest BCUT2D eigenvalue weighted by Crippen LogP contribution is -2.31. The first-order chi connectivity index (χ1) is 27.8.